The average Bonchev–Trinajstić information content (AvgIpc) is 4.06. The lowest BCUT2D eigenvalue weighted by Crippen LogP contribution is -2.61. The number of unbranched alkanes of at least 4 members (excludes halogenated alkanes) is 1. The molecule has 0 bridgehead atoms. The van der Waals surface area contributed by atoms with Crippen molar-refractivity contribution >= 4 is 90.7 Å². The maximum Gasteiger partial charge on any atom is 0.326 e. The predicted molar refractivity (Wildman–Crippen MR) is 308 cm³/mol. The molecule has 80 heavy (non-hydrogen) atoms. The summed E-state index contributed by atoms with van der Waals surface area (Å²) >= 11 is 0. The molecule has 23 heteroatoms. The van der Waals surface area contributed by atoms with Crippen LogP contribution in [0.4, 0.5) is 0 Å². The summed E-state index contributed by atoms with van der Waals surface area (Å²) in [5.74, 6) is -7.82. The Labute approximate surface area is 470 Å². The molecule has 0 radical (unpaired) electrons. The molecular weight excluding hydrogens is 1060 g/mol. The van der Waals surface area contributed by atoms with E-state index in [4.69, 9.17) is 11.5 Å². The van der Waals surface area contributed by atoms with Gasteiger partial charge in [-0.2, -0.15) is 0 Å². The number of carboxylic acid groups (broad SMARTS) is 1. The van der Waals surface area contributed by atoms with Crippen LogP contribution in [0.2, 0.25) is 0 Å². The number of amides is 7. The third-order valence-electron chi connectivity index (χ3n) is 13.7. The van der Waals surface area contributed by atoms with Gasteiger partial charge in [0, 0.05) is 65.0 Å². The number of hydrogen-bond acceptors (Lipinski definition) is 13. The molecule has 0 unspecified atom stereocenters. The first kappa shape index (κ1) is 59.8. The Morgan fingerprint density at radius 3 is 1.86 bits per heavy atom. The highest BCUT2D eigenvalue weighted by molar-refractivity contribution is 8.76. The van der Waals surface area contributed by atoms with Gasteiger partial charge in [0.1, 0.15) is 48.0 Å². The number of fused-ring (bicyclic) bond motifs is 2. The molecule has 21 nitrogen and oxygen atoms in total. The number of H-pyrrole nitrogens is 2. The zero-order valence-corrected chi connectivity index (χ0v) is 46.0. The first-order valence-corrected chi connectivity index (χ1v) is 28.9. The van der Waals surface area contributed by atoms with Crippen LogP contribution < -0.4 is 48.7 Å². The number of aromatic amines is 2. The van der Waals surface area contributed by atoms with Crippen LogP contribution in [0.25, 0.3) is 21.8 Å². The zero-order chi connectivity index (χ0) is 57.3. The average molecular weight is 1130 g/mol. The van der Waals surface area contributed by atoms with E-state index in [1.807, 2.05) is 48.5 Å². The van der Waals surface area contributed by atoms with Crippen molar-refractivity contribution < 1.29 is 48.6 Å². The van der Waals surface area contributed by atoms with Gasteiger partial charge in [-0.3, -0.25) is 33.6 Å². The third-order valence-corrected chi connectivity index (χ3v) is 16.2. The first-order valence-electron chi connectivity index (χ1n) is 26.4. The fourth-order valence-corrected chi connectivity index (χ4v) is 11.6. The van der Waals surface area contributed by atoms with Crippen LogP contribution in [0, 0.1) is 5.92 Å². The maximum atomic E-state index is 14.9. The number of nitrogens with one attached hydrogen (secondary N) is 9. The van der Waals surface area contributed by atoms with E-state index in [2.05, 4.69) is 47.2 Å². The lowest BCUT2D eigenvalue weighted by molar-refractivity contribution is -0.142. The van der Waals surface area contributed by atoms with E-state index in [1.165, 1.54) is 12.1 Å². The lowest BCUT2D eigenvalue weighted by atomic mass is 10.00. The molecule has 2 aromatic heterocycles. The van der Waals surface area contributed by atoms with Crippen molar-refractivity contribution in [2.75, 3.05) is 18.1 Å². The quantitative estimate of drug-likeness (QED) is 0.0435. The number of carbonyl (C=O) groups excluding carboxylic acids is 7. The van der Waals surface area contributed by atoms with E-state index in [-0.39, 0.29) is 55.9 Å². The summed E-state index contributed by atoms with van der Waals surface area (Å²) in [6.45, 7) is 3.64. The van der Waals surface area contributed by atoms with E-state index < -0.39 is 102 Å². The Morgan fingerprint density at radius 2 is 1.21 bits per heavy atom. The van der Waals surface area contributed by atoms with Crippen LogP contribution in [0.15, 0.2) is 116 Å². The van der Waals surface area contributed by atoms with E-state index >= 15 is 0 Å². The topological polar surface area (TPSA) is 345 Å². The number of phenolic OH excluding ortho intramolecular Hbond substituents is 1. The number of nitrogens with two attached hydrogens (primary N) is 2. The number of aromatic nitrogens is 2. The largest absolute Gasteiger partial charge is 0.508 e. The van der Waals surface area contributed by atoms with E-state index in [9.17, 15) is 48.6 Å². The summed E-state index contributed by atoms with van der Waals surface area (Å²) in [5, 5.41) is 41.4. The third kappa shape index (κ3) is 16.6. The highest BCUT2D eigenvalue weighted by atomic mass is 33.1. The summed E-state index contributed by atoms with van der Waals surface area (Å²) in [6.07, 6.45) is 4.06. The molecular formula is C57H69N11O10S2. The number of aromatic hydroxyl groups is 1. The molecule has 4 aromatic carbocycles. The van der Waals surface area contributed by atoms with Crippen molar-refractivity contribution in [3.8, 4) is 5.75 Å². The van der Waals surface area contributed by atoms with Crippen molar-refractivity contribution in [1.29, 1.82) is 0 Å². The molecule has 1 aliphatic heterocycles. The minimum absolute atomic E-state index is 0.0470. The van der Waals surface area contributed by atoms with Crippen LogP contribution in [-0.4, -0.2) is 134 Å². The van der Waals surface area contributed by atoms with E-state index in [0.29, 0.717) is 29.5 Å². The zero-order valence-electron chi connectivity index (χ0n) is 44.4. The molecule has 3 heterocycles. The SMILES string of the molecule is CC(C)[C@@H]1NC(=O)[C@H](CCCCN)NC(=O)[C@@H](Cc2c[nH]c3ccccc23)NC(=O)[C@H](Cc2ccc(O)cc2)NC(=O)[C@@H](NC(=O)[C@H](N)Cc2ccccc2)CSSC[C@@H](C(=O)N[C@@H](Cc2c[nH]c3ccccc23)C(=O)O)NC1=O. The number of phenols is 1. The van der Waals surface area contributed by atoms with Crippen molar-refractivity contribution in [3.05, 3.63) is 138 Å². The van der Waals surface area contributed by atoms with E-state index in [1.54, 1.807) is 68.7 Å². The molecule has 1 saturated heterocycles. The van der Waals surface area contributed by atoms with Gasteiger partial charge in [0.25, 0.3) is 0 Å². The van der Waals surface area contributed by atoms with E-state index in [0.717, 1.165) is 49.0 Å². The number of benzene rings is 4. The number of aliphatic carboxylic acids is 1. The Hall–Kier alpha value is -7.86. The van der Waals surface area contributed by atoms with Gasteiger partial charge in [0.15, 0.2) is 0 Å². The number of carbonyl (C=O) groups is 8. The monoisotopic (exact) mass is 1130 g/mol. The Bertz CT molecular complexity index is 3120. The highest BCUT2D eigenvalue weighted by Gasteiger charge is 2.36. The summed E-state index contributed by atoms with van der Waals surface area (Å²) < 4.78 is 0. The second-order valence-electron chi connectivity index (χ2n) is 20.1. The van der Waals surface area contributed by atoms with Crippen molar-refractivity contribution in [2.24, 2.45) is 17.4 Å². The fraction of sp³-hybridized carbons (Fsp3) is 0.368. The normalized spacial score (nSPS) is 20.8. The van der Waals surface area contributed by atoms with Gasteiger partial charge in [0.05, 0.1) is 6.04 Å². The predicted octanol–water partition coefficient (Wildman–Crippen LogP) is 2.61. The van der Waals surface area contributed by atoms with Crippen LogP contribution in [0.3, 0.4) is 0 Å². The van der Waals surface area contributed by atoms with Crippen LogP contribution in [0.1, 0.15) is 55.4 Å². The number of carboxylic acids is 1. The van der Waals surface area contributed by atoms with Gasteiger partial charge in [-0.15, -0.1) is 0 Å². The van der Waals surface area contributed by atoms with Gasteiger partial charge in [-0.25, -0.2) is 4.79 Å². The summed E-state index contributed by atoms with van der Waals surface area (Å²) in [7, 11) is 2.07. The number of hydrogen-bond donors (Lipinski definition) is 13. The lowest BCUT2D eigenvalue weighted by Gasteiger charge is -2.29. The standard InChI is InChI=1S/C57H69N11O10S2/c1-32(2)49-56(76)67-48(55(75)65-46(57(77)78)27-36-29-61-42-17-9-7-15-39(36)42)31-80-79-30-47(66-50(70)40(59)24-33-12-4-3-5-13-33)54(74)63-44(25-34-19-21-37(69)22-20-34)52(72)64-45(26-35-28-60-41-16-8-6-14-38(35)41)53(73)62-43(51(71)68-49)18-10-11-23-58/h3-9,12-17,19-22,28-29,32,40,43-49,60-61,69H,10-11,18,23-27,30-31,58-59H2,1-2H3,(H,62,73)(H,63,74)(H,64,72)(H,65,75)(H,66,70)(H,67,76)(H,68,71)(H,77,78)/t40-,43+,44+,45-,46+,47+,48+,49+/m1/s1. The maximum absolute atomic E-state index is 14.9. The van der Waals surface area contributed by atoms with Crippen LogP contribution in [-0.2, 0) is 64.0 Å². The Balaban J connectivity index is 1.25. The molecule has 0 spiro atoms. The van der Waals surface area contributed by atoms with Crippen molar-refractivity contribution in [1.82, 2.24) is 47.2 Å². The second-order valence-corrected chi connectivity index (χ2v) is 22.6. The highest BCUT2D eigenvalue weighted by Crippen LogP contribution is 2.25. The van der Waals surface area contributed by atoms with Crippen LogP contribution in [0.5, 0.6) is 5.75 Å². The number of para-hydroxylation sites is 2. The molecule has 15 N–H and O–H groups in total. The van der Waals surface area contributed by atoms with Crippen molar-refractivity contribution in [2.45, 2.75) is 107 Å². The smallest absolute Gasteiger partial charge is 0.326 e. The fourth-order valence-electron chi connectivity index (χ4n) is 9.27. The summed E-state index contributed by atoms with van der Waals surface area (Å²) in [4.78, 5) is 121. The summed E-state index contributed by atoms with van der Waals surface area (Å²) in [5.41, 5.74) is 16.3. The summed E-state index contributed by atoms with van der Waals surface area (Å²) in [6, 6.07) is 18.9. The van der Waals surface area contributed by atoms with Gasteiger partial charge < -0.3 is 68.9 Å². The van der Waals surface area contributed by atoms with Crippen molar-refractivity contribution in [3.63, 3.8) is 0 Å². The molecule has 7 amide bonds. The molecule has 424 valence electrons. The first-order chi connectivity index (χ1) is 38.5. The van der Waals surface area contributed by atoms with Gasteiger partial charge in [-0.05, 0) is 84.7 Å². The number of rotatable bonds is 18. The molecule has 6 aromatic rings. The van der Waals surface area contributed by atoms with Gasteiger partial charge in [-0.1, -0.05) is 114 Å². The minimum Gasteiger partial charge on any atom is -0.508 e. The molecule has 0 saturated carbocycles. The van der Waals surface area contributed by atoms with Gasteiger partial charge >= 0.3 is 5.97 Å². The minimum atomic E-state index is -1.45. The Kier molecular flexibility index (Phi) is 21.6. The molecule has 0 aliphatic carbocycles. The second kappa shape index (κ2) is 28.9. The molecule has 8 atom stereocenters. The van der Waals surface area contributed by atoms with Gasteiger partial charge in [0.2, 0.25) is 41.4 Å². The molecule has 1 fully saturated rings. The Morgan fingerprint density at radius 1 is 0.637 bits per heavy atom. The molecule has 7 rings (SSSR count). The molecule has 1 aliphatic rings. The van der Waals surface area contributed by atoms with Crippen LogP contribution >= 0.6 is 21.6 Å².